The Balaban J connectivity index is 2.65. The summed E-state index contributed by atoms with van der Waals surface area (Å²) in [6, 6.07) is -1.92. The zero-order valence-electron chi connectivity index (χ0n) is 11.4. The molecule has 0 radical (unpaired) electrons. The van der Waals surface area contributed by atoms with Crippen LogP contribution in [0.1, 0.15) is 13.8 Å². The number of carbonyl (C=O) groups excluding carboxylic acids is 3. The number of methoxy groups -OCH3 is 1. The van der Waals surface area contributed by atoms with Crippen molar-refractivity contribution >= 4 is 23.8 Å². The van der Waals surface area contributed by atoms with Crippen LogP contribution < -0.4 is 10.6 Å². The first-order chi connectivity index (χ1) is 9.19. The minimum atomic E-state index is -1.27. The summed E-state index contributed by atoms with van der Waals surface area (Å²) in [7, 11) is 1.29. The molecule has 1 heterocycles. The second kappa shape index (κ2) is 5.87. The monoisotopic (exact) mass is 287 g/mol. The molecule has 1 saturated heterocycles. The van der Waals surface area contributed by atoms with Gasteiger partial charge in [0.15, 0.2) is 6.04 Å². The van der Waals surface area contributed by atoms with Crippen LogP contribution >= 0.6 is 0 Å². The van der Waals surface area contributed by atoms with Crippen LogP contribution in [-0.4, -0.2) is 65.7 Å². The molecule has 3 N–H and O–H groups in total. The molecule has 0 bridgehead atoms. The van der Waals surface area contributed by atoms with Gasteiger partial charge in [-0.15, -0.1) is 0 Å². The Morgan fingerprint density at radius 2 is 2.05 bits per heavy atom. The molecular formula is C11H17N3O6. The highest BCUT2D eigenvalue weighted by Crippen LogP contribution is 2.15. The lowest BCUT2D eigenvalue weighted by Crippen LogP contribution is -2.49. The van der Waals surface area contributed by atoms with E-state index in [-0.39, 0.29) is 6.61 Å². The zero-order valence-corrected chi connectivity index (χ0v) is 11.4. The summed E-state index contributed by atoms with van der Waals surface area (Å²) in [6.07, 6.45) is 0. The number of carbonyl (C=O) groups is 4. The number of nitrogens with zero attached hydrogens (tertiary/aromatic N) is 1. The first-order valence-corrected chi connectivity index (χ1v) is 5.84. The Hall–Kier alpha value is -2.16. The number of ether oxygens (including phenoxy) is 1. The average Bonchev–Trinajstić information content (AvgIpc) is 2.51. The summed E-state index contributed by atoms with van der Waals surface area (Å²) in [5, 5.41) is 13.4. The lowest BCUT2D eigenvalue weighted by Gasteiger charge is -2.17. The van der Waals surface area contributed by atoms with Gasteiger partial charge in [-0.3, -0.25) is 14.5 Å². The van der Waals surface area contributed by atoms with Crippen molar-refractivity contribution in [3.05, 3.63) is 0 Å². The first-order valence-electron chi connectivity index (χ1n) is 5.84. The van der Waals surface area contributed by atoms with Crippen LogP contribution in [0.15, 0.2) is 0 Å². The van der Waals surface area contributed by atoms with Crippen molar-refractivity contribution in [2.45, 2.75) is 25.4 Å². The number of hydrogen-bond donors (Lipinski definition) is 3. The molecule has 1 unspecified atom stereocenters. The number of urea groups is 1. The van der Waals surface area contributed by atoms with Crippen LogP contribution in [0, 0.1) is 0 Å². The molecule has 0 aromatic rings. The van der Waals surface area contributed by atoms with Crippen molar-refractivity contribution < 1.29 is 29.0 Å². The number of carboxylic acid groups (broad SMARTS) is 1. The lowest BCUT2D eigenvalue weighted by molar-refractivity contribution is -0.143. The van der Waals surface area contributed by atoms with Gasteiger partial charge < -0.3 is 20.5 Å². The minimum absolute atomic E-state index is 0.216. The van der Waals surface area contributed by atoms with Crippen LogP contribution in [0.3, 0.4) is 0 Å². The number of hydrogen-bond acceptors (Lipinski definition) is 5. The summed E-state index contributed by atoms with van der Waals surface area (Å²) in [5.74, 6) is -2.57. The van der Waals surface area contributed by atoms with Crippen molar-refractivity contribution in [3.63, 3.8) is 0 Å². The topological polar surface area (TPSA) is 125 Å². The highest BCUT2D eigenvalue weighted by Gasteiger charge is 2.45. The molecule has 0 saturated carbocycles. The third-order valence-electron chi connectivity index (χ3n) is 2.71. The summed E-state index contributed by atoms with van der Waals surface area (Å²) < 4.78 is 4.66. The molecule has 4 amide bonds. The van der Waals surface area contributed by atoms with E-state index in [4.69, 9.17) is 5.11 Å². The van der Waals surface area contributed by atoms with Gasteiger partial charge in [0.1, 0.15) is 12.1 Å². The quantitative estimate of drug-likeness (QED) is 0.512. The predicted octanol–water partition coefficient (Wildman–Crippen LogP) is -1.47. The number of carboxylic acids is 1. The fourth-order valence-corrected chi connectivity index (χ4v) is 1.69. The maximum Gasteiger partial charge on any atom is 0.328 e. The minimum Gasteiger partial charge on any atom is -0.480 e. The standard InChI is InChI=1S/C11H17N3O6/c1-11(2)9(18)14(10(19)13-11)4-7(15)12-6(5-20-3)8(16)17/h6H,4-5H2,1-3H3,(H,12,15)(H,13,19)(H,16,17). The lowest BCUT2D eigenvalue weighted by atomic mass is 10.1. The van der Waals surface area contributed by atoms with E-state index >= 15 is 0 Å². The largest absolute Gasteiger partial charge is 0.480 e. The molecule has 0 spiro atoms. The van der Waals surface area contributed by atoms with Crippen molar-refractivity contribution in [2.75, 3.05) is 20.3 Å². The van der Waals surface area contributed by atoms with Gasteiger partial charge in [-0.2, -0.15) is 0 Å². The second-order valence-corrected chi connectivity index (χ2v) is 4.86. The van der Waals surface area contributed by atoms with E-state index in [1.54, 1.807) is 0 Å². The third-order valence-corrected chi connectivity index (χ3v) is 2.71. The van der Waals surface area contributed by atoms with E-state index < -0.39 is 41.9 Å². The zero-order chi connectivity index (χ0) is 15.5. The van der Waals surface area contributed by atoms with Gasteiger partial charge in [-0.05, 0) is 13.8 Å². The smallest absolute Gasteiger partial charge is 0.328 e. The number of nitrogens with one attached hydrogen (secondary N) is 2. The van der Waals surface area contributed by atoms with Crippen LogP contribution in [0.2, 0.25) is 0 Å². The highest BCUT2D eigenvalue weighted by atomic mass is 16.5. The molecule has 0 aromatic heterocycles. The van der Waals surface area contributed by atoms with Crippen molar-refractivity contribution in [1.82, 2.24) is 15.5 Å². The van der Waals surface area contributed by atoms with Gasteiger partial charge in [-0.25, -0.2) is 9.59 Å². The molecule has 0 aromatic carbocycles. The van der Waals surface area contributed by atoms with Crippen LogP contribution in [-0.2, 0) is 19.1 Å². The Bertz CT molecular complexity index is 447. The number of rotatable bonds is 6. The molecule has 1 aliphatic heterocycles. The van der Waals surface area contributed by atoms with Gasteiger partial charge >= 0.3 is 12.0 Å². The molecule has 20 heavy (non-hydrogen) atoms. The second-order valence-electron chi connectivity index (χ2n) is 4.86. The summed E-state index contributed by atoms with van der Waals surface area (Å²) in [5.41, 5.74) is -1.07. The van der Waals surface area contributed by atoms with Gasteiger partial charge in [0, 0.05) is 7.11 Å². The van der Waals surface area contributed by atoms with E-state index in [0.717, 1.165) is 4.90 Å². The molecule has 1 aliphatic rings. The molecule has 0 aliphatic carbocycles. The van der Waals surface area contributed by atoms with E-state index in [1.165, 1.54) is 21.0 Å². The Labute approximate surface area is 115 Å². The average molecular weight is 287 g/mol. The van der Waals surface area contributed by atoms with Gasteiger partial charge in [0.05, 0.1) is 6.61 Å². The van der Waals surface area contributed by atoms with E-state index in [9.17, 15) is 19.2 Å². The number of amides is 4. The number of aliphatic carboxylic acids is 1. The molecule has 112 valence electrons. The summed E-state index contributed by atoms with van der Waals surface area (Å²) in [4.78, 5) is 46.7. The van der Waals surface area contributed by atoms with Crippen LogP contribution in [0.4, 0.5) is 4.79 Å². The van der Waals surface area contributed by atoms with Crippen LogP contribution in [0.25, 0.3) is 0 Å². The molecule has 1 rings (SSSR count). The predicted molar refractivity (Wildman–Crippen MR) is 65.8 cm³/mol. The van der Waals surface area contributed by atoms with E-state index in [1.807, 2.05) is 0 Å². The Morgan fingerprint density at radius 3 is 2.45 bits per heavy atom. The van der Waals surface area contributed by atoms with E-state index in [2.05, 4.69) is 15.4 Å². The molecule has 1 atom stereocenters. The number of imide groups is 1. The van der Waals surface area contributed by atoms with Gasteiger partial charge in [-0.1, -0.05) is 0 Å². The summed E-state index contributed by atoms with van der Waals surface area (Å²) in [6.45, 7) is 2.26. The fourth-order valence-electron chi connectivity index (χ4n) is 1.69. The molecular weight excluding hydrogens is 270 g/mol. The Morgan fingerprint density at radius 1 is 1.45 bits per heavy atom. The Kier molecular flexibility index (Phi) is 4.66. The fraction of sp³-hybridized carbons (Fsp3) is 0.636. The summed E-state index contributed by atoms with van der Waals surface area (Å²) >= 11 is 0. The van der Waals surface area contributed by atoms with Crippen molar-refractivity contribution in [1.29, 1.82) is 0 Å². The molecule has 9 heteroatoms. The third kappa shape index (κ3) is 3.44. The maximum atomic E-state index is 11.8. The van der Waals surface area contributed by atoms with Crippen molar-refractivity contribution in [3.8, 4) is 0 Å². The molecule has 1 fully saturated rings. The highest BCUT2D eigenvalue weighted by molar-refractivity contribution is 6.08. The van der Waals surface area contributed by atoms with Crippen LogP contribution in [0.5, 0.6) is 0 Å². The van der Waals surface area contributed by atoms with Gasteiger partial charge in [0.25, 0.3) is 5.91 Å². The normalized spacial score (nSPS) is 18.6. The van der Waals surface area contributed by atoms with Crippen molar-refractivity contribution in [2.24, 2.45) is 0 Å². The maximum absolute atomic E-state index is 11.8. The van der Waals surface area contributed by atoms with Gasteiger partial charge in [0.2, 0.25) is 5.91 Å². The molecule has 9 nitrogen and oxygen atoms in total. The first kappa shape index (κ1) is 15.9. The van der Waals surface area contributed by atoms with E-state index in [0.29, 0.717) is 0 Å². The SMILES string of the molecule is COCC(NC(=O)CN1C(=O)NC(C)(C)C1=O)C(=O)O.